The molecule has 3 rings (SSSR count). The first-order valence-electron chi connectivity index (χ1n) is 7.20. The average Bonchev–Trinajstić information content (AvgIpc) is 3.27. The minimum atomic E-state index is -3.15. The second kappa shape index (κ2) is 5.78. The maximum atomic E-state index is 12.8. The van der Waals surface area contributed by atoms with Crippen molar-refractivity contribution in [3.63, 3.8) is 0 Å². The lowest BCUT2D eigenvalue weighted by Crippen LogP contribution is -2.28. The molecule has 2 aromatic rings. The molecule has 0 spiro atoms. The van der Waals surface area contributed by atoms with Crippen LogP contribution in [-0.2, 0) is 10.0 Å². The van der Waals surface area contributed by atoms with Crippen LogP contribution in [0, 0.1) is 5.95 Å². The molecule has 2 atom stereocenters. The van der Waals surface area contributed by atoms with E-state index in [9.17, 15) is 12.8 Å². The number of rotatable bonds is 5. The Hall–Kier alpha value is -1.79. The molecule has 0 bridgehead atoms. The van der Waals surface area contributed by atoms with E-state index in [2.05, 4.69) is 9.71 Å². The number of benzene rings is 1. The molecule has 116 valence electrons. The summed E-state index contributed by atoms with van der Waals surface area (Å²) < 4.78 is 38.6. The molecule has 0 aliphatic heterocycles. The summed E-state index contributed by atoms with van der Waals surface area (Å²) in [5, 5.41) is 0. The third-order valence-electron chi connectivity index (χ3n) is 3.90. The van der Waals surface area contributed by atoms with Crippen LogP contribution in [0.25, 0.3) is 11.1 Å². The summed E-state index contributed by atoms with van der Waals surface area (Å²) in [6.07, 6.45) is 2.33. The van der Waals surface area contributed by atoms with Gasteiger partial charge in [0.2, 0.25) is 16.0 Å². The Bertz CT molecular complexity index is 758. The second-order valence-corrected chi connectivity index (χ2v) is 7.50. The van der Waals surface area contributed by atoms with Gasteiger partial charge in [-0.05, 0) is 36.6 Å². The van der Waals surface area contributed by atoms with E-state index in [0.29, 0.717) is 0 Å². The van der Waals surface area contributed by atoms with E-state index in [4.69, 9.17) is 0 Å². The molecule has 1 aliphatic rings. The van der Waals surface area contributed by atoms with Crippen LogP contribution < -0.4 is 4.72 Å². The predicted octanol–water partition coefficient (Wildman–Crippen LogP) is 2.68. The molecule has 22 heavy (non-hydrogen) atoms. The lowest BCUT2D eigenvalue weighted by atomic mass is 10.0. The average molecular weight is 320 g/mol. The van der Waals surface area contributed by atoms with Crippen molar-refractivity contribution in [2.24, 2.45) is 0 Å². The van der Waals surface area contributed by atoms with E-state index in [0.717, 1.165) is 23.1 Å². The van der Waals surface area contributed by atoms with Crippen molar-refractivity contribution in [1.29, 1.82) is 0 Å². The topological polar surface area (TPSA) is 59.1 Å². The zero-order valence-corrected chi connectivity index (χ0v) is 13.0. The Kier molecular flexibility index (Phi) is 3.97. The molecular weight excluding hydrogens is 303 g/mol. The number of hydrogen-bond acceptors (Lipinski definition) is 3. The summed E-state index contributed by atoms with van der Waals surface area (Å²) in [4.78, 5) is 3.64. The van der Waals surface area contributed by atoms with Gasteiger partial charge in [-0.1, -0.05) is 24.3 Å². The van der Waals surface area contributed by atoms with Gasteiger partial charge >= 0.3 is 0 Å². The number of halogens is 1. The molecule has 0 radical (unpaired) electrons. The standard InChI is InChI=1S/C16H17FN2O2S/c1-2-22(20,21)19-15-9-14(15)12-5-3-11(4-6-12)13-7-8-16(17)18-10-13/h3-8,10,14-15,19H,2,9H2,1H3/t14-,15+/m1/s1. The van der Waals surface area contributed by atoms with Crippen molar-refractivity contribution in [3.05, 3.63) is 54.1 Å². The summed E-state index contributed by atoms with van der Waals surface area (Å²) >= 11 is 0. The largest absolute Gasteiger partial charge is 0.228 e. The number of nitrogens with one attached hydrogen (secondary N) is 1. The van der Waals surface area contributed by atoms with Crippen LogP contribution >= 0.6 is 0 Å². The third-order valence-corrected chi connectivity index (χ3v) is 5.32. The Morgan fingerprint density at radius 2 is 1.86 bits per heavy atom. The van der Waals surface area contributed by atoms with Crippen molar-refractivity contribution in [2.45, 2.75) is 25.3 Å². The molecule has 0 amide bonds. The molecular formula is C16H17FN2O2S. The first kappa shape index (κ1) is 15.1. The molecule has 1 aromatic heterocycles. The molecule has 0 unspecified atom stereocenters. The van der Waals surface area contributed by atoms with E-state index in [1.807, 2.05) is 24.3 Å². The van der Waals surface area contributed by atoms with Gasteiger partial charge in [0.15, 0.2) is 0 Å². The van der Waals surface area contributed by atoms with Gasteiger partial charge in [0.05, 0.1) is 5.75 Å². The molecule has 4 nitrogen and oxygen atoms in total. The van der Waals surface area contributed by atoms with Crippen molar-refractivity contribution < 1.29 is 12.8 Å². The van der Waals surface area contributed by atoms with Gasteiger partial charge in [0.1, 0.15) is 0 Å². The lowest BCUT2D eigenvalue weighted by molar-refractivity contribution is 0.581. The zero-order valence-electron chi connectivity index (χ0n) is 12.2. The zero-order chi connectivity index (χ0) is 15.7. The van der Waals surface area contributed by atoms with Crippen molar-refractivity contribution in [1.82, 2.24) is 9.71 Å². The fourth-order valence-electron chi connectivity index (χ4n) is 2.48. The molecule has 1 N–H and O–H groups in total. The summed E-state index contributed by atoms with van der Waals surface area (Å²) in [7, 11) is -3.15. The molecule has 1 saturated carbocycles. The quantitative estimate of drug-likeness (QED) is 0.862. The lowest BCUT2D eigenvalue weighted by Gasteiger charge is -2.05. The monoisotopic (exact) mass is 320 g/mol. The second-order valence-electron chi connectivity index (χ2n) is 5.46. The van der Waals surface area contributed by atoms with Crippen molar-refractivity contribution in [3.8, 4) is 11.1 Å². The summed E-state index contributed by atoms with van der Waals surface area (Å²) in [5.41, 5.74) is 2.93. The maximum Gasteiger partial charge on any atom is 0.212 e. The van der Waals surface area contributed by atoms with Gasteiger partial charge in [0.25, 0.3) is 0 Å². The Morgan fingerprint density at radius 3 is 2.45 bits per heavy atom. The van der Waals surface area contributed by atoms with Crippen LogP contribution in [0.15, 0.2) is 42.6 Å². The van der Waals surface area contributed by atoms with Crippen LogP contribution in [0.3, 0.4) is 0 Å². The number of nitrogens with zero attached hydrogens (tertiary/aromatic N) is 1. The van der Waals surface area contributed by atoms with Gasteiger partial charge < -0.3 is 0 Å². The minimum absolute atomic E-state index is 0.00304. The summed E-state index contributed by atoms with van der Waals surface area (Å²) in [6, 6.07) is 10.9. The van der Waals surface area contributed by atoms with Crippen LogP contribution in [0.1, 0.15) is 24.8 Å². The number of hydrogen-bond donors (Lipinski definition) is 1. The van der Waals surface area contributed by atoms with Crippen LogP contribution in [0.4, 0.5) is 4.39 Å². The summed E-state index contributed by atoms with van der Waals surface area (Å²) in [5.74, 6) is -0.154. The van der Waals surface area contributed by atoms with E-state index in [-0.39, 0.29) is 17.7 Å². The van der Waals surface area contributed by atoms with Gasteiger partial charge in [-0.25, -0.2) is 18.1 Å². The molecule has 6 heteroatoms. The van der Waals surface area contributed by atoms with Gasteiger partial charge in [0, 0.05) is 23.7 Å². The van der Waals surface area contributed by atoms with Crippen LogP contribution in [-0.4, -0.2) is 25.2 Å². The third kappa shape index (κ3) is 3.34. The Morgan fingerprint density at radius 1 is 1.18 bits per heavy atom. The predicted molar refractivity (Wildman–Crippen MR) is 83.4 cm³/mol. The number of sulfonamides is 1. The van der Waals surface area contributed by atoms with Crippen molar-refractivity contribution >= 4 is 10.0 Å². The van der Waals surface area contributed by atoms with E-state index >= 15 is 0 Å². The number of aromatic nitrogens is 1. The smallest absolute Gasteiger partial charge is 0.212 e. The van der Waals surface area contributed by atoms with Gasteiger partial charge in [-0.3, -0.25) is 0 Å². The molecule has 1 heterocycles. The molecule has 0 saturated heterocycles. The van der Waals surface area contributed by atoms with Crippen molar-refractivity contribution in [2.75, 3.05) is 5.75 Å². The fourth-order valence-corrected chi connectivity index (χ4v) is 3.37. The molecule has 1 fully saturated rings. The highest BCUT2D eigenvalue weighted by molar-refractivity contribution is 7.89. The van der Waals surface area contributed by atoms with Gasteiger partial charge in [-0.2, -0.15) is 4.39 Å². The Labute approximate surface area is 129 Å². The highest BCUT2D eigenvalue weighted by Gasteiger charge is 2.40. The van der Waals surface area contributed by atoms with Gasteiger partial charge in [-0.15, -0.1) is 0 Å². The SMILES string of the molecule is CCS(=O)(=O)N[C@H]1C[C@@H]1c1ccc(-c2ccc(F)nc2)cc1. The highest BCUT2D eigenvalue weighted by atomic mass is 32.2. The molecule has 1 aliphatic carbocycles. The van der Waals surface area contributed by atoms with Crippen LogP contribution in [0.2, 0.25) is 0 Å². The van der Waals surface area contributed by atoms with Crippen LogP contribution in [0.5, 0.6) is 0 Å². The van der Waals surface area contributed by atoms with E-state index in [1.54, 1.807) is 13.0 Å². The molecule has 1 aromatic carbocycles. The summed E-state index contributed by atoms with van der Waals surface area (Å²) in [6.45, 7) is 1.63. The first-order valence-corrected chi connectivity index (χ1v) is 8.85. The number of pyridine rings is 1. The fraction of sp³-hybridized carbons (Fsp3) is 0.312. The van der Waals surface area contributed by atoms with E-state index in [1.165, 1.54) is 12.3 Å². The Balaban J connectivity index is 1.70. The normalized spacial score (nSPS) is 20.8. The maximum absolute atomic E-state index is 12.8. The highest BCUT2D eigenvalue weighted by Crippen LogP contribution is 2.41. The van der Waals surface area contributed by atoms with E-state index < -0.39 is 16.0 Å². The first-order chi connectivity index (χ1) is 10.5. The minimum Gasteiger partial charge on any atom is -0.228 e.